The van der Waals surface area contributed by atoms with Crippen LogP contribution in [0.15, 0.2) is 0 Å². The largest absolute Gasteiger partial charge is 0.329 e. The van der Waals surface area contributed by atoms with Crippen molar-refractivity contribution in [1.29, 1.82) is 0 Å². The highest BCUT2D eigenvalue weighted by atomic mass is 35.5. The lowest BCUT2D eigenvalue weighted by atomic mass is 10.5. The number of alkyl halides is 1. The lowest BCUT2D eigenvalue weighted by Crippen LogP contribution is -2.47. The summed E-state index contributed by atoms with van der Waals surface area (Å²) in [6.45, 7) is 2.34. The van der Waals surface area contributed by atoms with Crippen LogP contribution in [0.25, 0.3) is 0 Å². The van der Waals surface area contributed by atoms with Gasteiger partial charge in [0.05, 0.1) is 10.8 Å². The van der Waals surface area contributed by atoms with Crippen LogP contribution >= 0.6 is 46.3 Å². The van der Waals surface area contributed by atoms with Gasteiger partial charge in [0.15, 0.2) is 15.0 Å². The van der Waals surface area contributed by atoms with Crippen molar-refractivity contribution in [3.05, 3.63) is 10.0 Å². The minimum absolute atomic E-state index is 0.135. The number of halogens is 2. The maximum Gasteiger partial charge on any atom is 0.188 e. The van der Waals surface area contributed by atoms with E-state index >= 15 is 0 Å². The number of aromatic nitrogens is 1. The Hall–Kier alpha value is 0.310. The Balaban J connectivity index is 2.34. The van der Waals surface area contributed by atoms with Crippen molar-refractivity contribution in [3.63, 3.8) is 0 Å². The third-order valence-corrected chi connectivity index (χ3v) is 8.14. The van der Waals surface area contributed by atoms with Gasteiger partial charge in [-0.1, -0.05) is 29.9 Å². The standard InChI is InChI=1S/C10H14Cl2N2O2S3/c1-2-19(15,16)8-6-17-4-3-14(8)10-13-9(12)7(5-11)18-10/h8H,2-6H2,1H3. The fraction of sp³-hybridized carbons (Fsp3) is 0.700. The van der Waals surface area contributed by atoms with Crippen LogP contribution in [0.4, 0.5) is 5.13 Å². The van der Waals surface area contributed by atoms with Crippen molar-refractivity contribution in [2.75, 3.05) is 28.7 Å². The van der Waals surface area contributed by atoms with Gasteiger partial charge in [-0.3, -0.25) is 0 Å². The highest BCUT2D eigenvalue weighted by Gasteiger charge is 2.34. The van der Waals surface area contributed by atoms with Gasteiger partial charge >= 0.3 is 0 Å². The van der Waals surface area contributed by atoms with Crippen LogP contribution in [-0.2, 0) is 15.7 Å². The van der Waals surface area contributed by atoms with Crippen LogP contribution in [0.5, 0.6) is 0 Å². The predicted octanol–water partition coefficient (Wildman–Crippen LogP) is 2.85. The molecule has 1 aromatic rings. The van der Waals surface area contributed by atoms with Crippen molar-refractivity contribution < 1.29 is 8.42 Å². The van der Waals surface area contributed by atoms with Gasteiger partial charge in [-0.05, 0) is 0 Å². The summed E-state index contributed by atoms with van der Waals surface area (Å²) in [7, 11) is -3.13. The van der Waals surface area contributed by atoms with E-state index in [1.165, 1.54) is 11.3 Å². The molecule has 1 aromatic heterocycles. The summed E-state index contributed by atoms with van der Waals surface area (Å²) in [6, 6.07) is 0. The fourth-order valence-electron chi connectivity index (χ4n) is 1.82. The van der Waals surface area contributed by atoms with Gasteiger partial charge in [-0.15, -0.1) is 11.6 Å². The second-order valence-corrected chi connectivity index (χ2v) is 9.30. The minimum Gasteiger partial charge on any atom is -0.329 e. The second-order valence-electron chi connectivity index (χ2n) is 4.02. The Morgan fingerprint density at radius 3 is 2.84 bits per heavy atom. The van der Waals surface area contributed by atoms with Crippen molar-refractivity contribution in [1.82, 2.24) is 4.98 Å². The molecule has 4 nitrogen and oxygen atoms in total. The van der Waals surface area contributed by atoms with Crippen molar-refractivity contribution in [2.45, 2.75) is 18.2 Å². The fourth-order valence-corrected chi connectivity index (χ4v) is 6.40. The molecule has 1 fully saturated rings. The van der Waals surface area contributed by atoms with Gasteiger partial charge in [-0.2, -0.15) is 11.8 Å². The van der Waals surface area contributed by atoms with Crippen molar-refractivity contribution >= 4 is 61.3 Å². The zero-order chi connectivity index (χ0) is 14.0. The smallest absolute Gasteiger partial charge is 0.188 e. The molecular formula is C10H14Cl2N2O2S3. The van der Waals surface area contributed by atoms with Crippen LogP contribution < -0.4 is 4.90 Å². The molecule has 0 aromatic carbocycles. The van der Waals surface area contributed by atoms with E-state index in [2.05, 4.69) is 4.98 Å². The number of rotatable bonds is 4. The van der Waals surface area contributed by atoms with Crippen LogP contribution in [0.1, 0.15) is 11.8 Å². The first kappa shape index (κ1) is 15.7. The monoisotopic (exact) mass is 360 g/mol. The second kappa shape index (κ2) is 6.39. The summed E-state index contributed by atoms with van der Waals surface area (Å²) >= 11 is 14.8. The summed E-state index contributed by atoms with van der Waals surface area (Å²) in [4.78, 5) is 6.89. The third-order valence-electron chi connectivity index (χ3n) is 2.91. The Morgan fingerprint density at radius 2 is 2.26 bits per heavy atom. The van der Waals surface area contributed by atoms with Crippen molar-refractivity contribution in [3.8, 4) is 0 Å². The third kappa shape index (κ3) is 3.32. The van der Waals surface area contributed by atoms with Crippen LogP contribution in [0, 0.1) is 0 Å². The van der Waals surface area contributed by atoms with E-state index in [-0.39, 0.29) is 5.75 Å². The first-order chi connectivity index (χ1) is 8.99. The molecule has 1 aliphatic heterocycles. The lowest BCUT2D eigenvalue weighted by Gasteiger charge is -2.34. The van der Waals surface area contributed by atoms with Gasteiger partial charge in [0.2, 0.25) is 0 Å². The summed E-state index contributed by atoms with van der Waals surface area (Å²) in [6.07, 6.45) is 0. The Labute approximate surface area is 131 Å². The molecule has 0 saturated carbocycles. The zero-order valence-electron chi connectivity index (χ0n) is 10.3. The van der Waals surface area contributed by atoms with Gasteiger partial charge in [0.1, 0.15) is 10.5 Å². The number of nitrogens with zero attached hydrogens (tertiary/aromatic N) is 2. The van der Waals surface area contributed by atoms with Crippen LogP contribution in [0.2, 0.25) is 5.15 Å². The number of hydrogen-bond acceptors (Lipinski definition) is 6. The SMILES string of the molecule is CCS(=O)(=O)C1CSCCN1c1nc(Cl)c(CCl)s1. The van der Waals surface area contributed by atoms with Gasteiger partial charge in [0.25, 0.3) is 0 Å². The van der Waals surface area contributed by atoms with E-state index < -0.39 is 15.2 Å². The normalized spacial score (nSPS) is 20.8. The van der Waals surface area contributed by atoms with Gasteiger partial charge in [0, 0.05) is 23.8 Å². The summed E-state index contributed by atoms with van der Waals surface area (Å²) in [5, 5.41) is 0.519. The van der Waals surface area contributed by atoms with E-state index in [9.17, 15) is 8.42 Å². The molecule has 1 saturated heterocycles. The summed E-state index contributed by atoms with van der Waals surface area (Å²) in [5.74, 6) is 1.90. The molecule has 2 rings (SSSR count). The Morgan fingerprint density at radius 1 is 1.53 bits per heavy atom. The summed E-state index contributed by atoms with van der Waals surface area (Å²) < 4.78 is 24.3. The first-order valence-corrected chi connectivity index (χ1v) is 10.4. The van der Waals surface area contributed by atoms with Crippen molar-refractivity contribution in [2.24, 2.45) is 0 Å². The predicted molar refractivity (Wildman–Crippen MR) is 84.6 cm³/mol. The van der Waals surface area contributed by atoms with E-state index in [0.29, 0.717) is 28.5 Å². The average molecular weight is 361 g/mol. The maximum absolute atomic E-state index is 12.2. The average Bonchev–Trinajstić information content (AvgIpc) is 2.80. The molecule has 0 spiro atoms. The Kier molecular flexibility index (Phi) is 5.28. The topological polar surface area (TPSA) is 50.3 Å². The minimum atomic E-state index is -3.13. The molecule has 9 heteroatoms. The molecule has 0 radical (unpaired) electrons. The van der Waals surface area contributed by atoms with E-state index in [4.69, 9.17) is 23.2 Å². The highest BCUT2D eigenvalue weighted by molar-refractivity contribution is 8.01. The van der Waals surface area contributed by atoms with E-state index in [1.807, 2.05) is 4.90 Å². The molecule has 19 heavy (non-hydrogen) atoms. The van der Waals surface area contributed by atoms with Gasteiger partial charge in [-0.25, -0.2) is 13.4 Å². The van der Waals surface area contributed by atoms with Crippen LogP contribution in [0.3, 0.4) is 0 Å². The van der Waals surface area contributed by atoms with E-state index in [0.717, 1.165) is 10.6 Å². The molecule has 108 valence electrons. The number of sulfone groups is 1. The summed E-state index contributed by atoms with van der Waals surface area (Å²) in [5.41, 5.74) is 0. The number of thioether (sulfide) groups is 1. The first-order valence-electron chi connectivity index (χ1n) is 5.76. The molecule has 0 bridgehead atoms. The quantitative estimate of drug-likeness (QED) is 0.772. The van der Waals surface area contributed by atoms with E-state index in [1.54, 1.807) is 18.7 Å². The lowest BCUT2D eigenvalue weighted by molar-refractivity contribution is 0.579. The molecule has 1 atom stereocenters. The van der Waals surface area contributed by atoms with Crippen LogP contribution in [-0.4, -0.2) is 42.6 Å². The molecule has 1 unspecified atom stereocenters. The highest BCUT2D eigenvalue weighted by Crippen LogP contribution is 2.35. The molecule has 0 amide bonds. The number of thiazole rings is 1. The van der Waals surface area contributed by atoms with Gasteiger partial charge < -0.3 is 4.90 Å². The molecule has 2 heterocycles. The number of anilines is 1. The zero-order valence-corrected chi connectivity index (χ0v) is 14.3. The molecule has 0 N–H and O–H groups in total. The molecule has 0 aliphatic carbocycles. The Bertz CT molecular complexity index is 547. The number of hydrogen-bond donors (Lipinski definition) is 0. The molecule has 1 aliphatic rings. The molecular weight excluding hydrogens is 347 g/mol. The maximum atomic E-state index is 12.2.